The first-order valence-electron chi connectivity index (χ1n) is 4.78. The number of rotatable bonds is 4. The number of likely N-dealkylation sites (N-methyl/N-ethyl adjacent to an activating group) is 1. The van der Waals surface area contributed by atoms with Gasteiger partial charge in [-0.2, -0.15) is 0 Å². The van der Waals surface area contributed by atoms with Crippen LogP contribution in [-0.2, 0) is 11.2 Å². The average molecular weight is 271 g/mol. The fraction of sp³-hybridized carbons (Fsp3) is 0.455. The second kappa shape index (κ2) is 4.86. The van der Waals surface area contributed by atoms with Gasteiger partial charge in [-0.25, -0.2) is 0 Å². The van der Waals surface area contributed by atoms with Gasteiger partial charge in [0, 0.05) is 16.4 Å². The summed E-state index contributed by atoms with van der Waals surface area (Å²) in [7, 11) is 1.78. The summed E-state index contributed by atoms with van der Waals surface area (Å²) in [5, 5.41) is 2.99. The van der Waals surface area contributed by atoms with E-state index in [0.717, 1.165) is 10.2 Å². The third-order valence-electron chi connectivity index (χ3n) is 2.45. The van der Waals surface area contributed by atoms with Crippen LogP contribution in [-0.4, -0.2) is 23.4 Å². The molecule has 1 heterocycles. The molecule has 1 rings (SSSR count). The van der Waals surface area contributed by atoms with E-state index in [9.17, 15) is 4.79 Å². The van der Waals surface area contributed by atoms with E-state index in [-0.39, 0.29) is 5.78 Å². The summed E-state index contributed by atoms with van der Waals surface area (Å²) in [5.41, 5.74) is 0.306. The predicted octanol–water partition coefficient (Wildman–Crippen LogP) is 1.95. The zero-order chi connectivity index (χ0) is 11.5. The monoisotopic (exact) mass is 270 g/mol. The highest BCUT2D eigenvalue weighted by molar-refractivity contribution is 9.10. The molecule has 3 nitrogen and oxygen atoms in total. The Morgan fingerprint density at radius 1 is 1.53 bits per heavy atom. The molecule has 1 N–H and O–H groups in total. The summed E-state index contributed by atoms with van der Waals surface area (Å²) in [5.74, 6) is 0.139. The standard InChI is InChI=1S/C11H15BrN2O/c1-11(2,13-3)10(15)6-9-5-4-8(12)7-14-9/h4-5,7,13H,6H2,1-3H3. The Balaban J connectivity index is 2.71. The summed E-state index contributed by atoms with van der Waals surface area (Å²) in [6.07, 6.45) is 2.07. The molecule has 0 radical (unpaired) electrons. The molecular formula is C11H15BrN2O. The molecule has 0 aromatic carbocycles. The number of carbonyl (C=O) groups excluding carboxylic acids is 1. The quantitative estimate of drug-likeness (QED) is 0.910. The molecule has 4 heteroatoms. The van der Waals surface area contributed by atoms with Crippen molar-refractivity contribution < 1.29 is 4.79 Å². The summed E-state index contributed by atoms with van der Waals surface area (Å²) < 4.78 is 0.923. The molecule has 0 aliphatic heterocycles. The highest BCUT2D eigenvalue weighted by Crippen LogP contribution is 2.11. The van der Waals surface area contributed by atoms with Crippen molar-refractivity contribution in [3.8, 4) is 0 Å². The van der Waals surface area contributed by atoms with Gasteiger partial charge in [0.1, 0.15) is 0 Å². The first-order chi connectivity index (χ1) is 6.95. The molecule has 0 fully saturated rings. The number of pyridine rings is 1. The van der Waals surface area contributed by atoms with Gasteiger partial charge in [-0.05, 0) is 49.0 Å². The molecule has 0 atom stereocenters. The van der Waals surface area contributed by atoms with Crippen LogP contribution in [0, 0.1) is 0 Å². The van der Waals surface area contributed by atoms with E-state index in [1.807, 2.05) is 26.0 Å². The van der Waals surface area contributed by atoms with Gasteiger partial charge in [0.15, 0.2) is 5.78 Å². The lowest BCUT2D eigenvalue weighted by Crippen LogP contribution is -2.45. The van der Waals surface area contributed by atoms with Crippen molar-refractivity contribution in [2.24, 2.45) is 0 Å². The molecule has 15 heavy (non-hydrogen) atoms. The van der Waals surface area contributed by atoms with Gasteiger partial charge < -0.3 is 5.32 Å². The van der Waals surface area contributed by atoms with Gasteiger partial charge >= 0.3 is 0 Å². The molecule has 0 bridgehead atoms. The molecule has 1 aromatic heterocycles. The maximum Gasteiger partial charge on any atom is 0.158 e. The second-order valence-electron chi connectivity index (χ2n) is 3.94. The number of nitrogens with zero attached hydrogens (tertiary/aromatic N) is 1. The third kappa shape index (κ3) is 3.39. The number of carbonyl (C=O) groups is 1. The molecule has 1 aromatic rings. The minimum absolute atomic E-state index is 0.139. The van der Waals surface area contributed by atoms with Gasteiger partial charge in [0.05, 0.1) is 12.0 Å². The predicted molar refractivity (Wildman–Crippen MR) is 63.8 cm³/mol. The second-order valence-corrected chi connectivity index (χ2v) is 4.86. The van der Waals surface area contributed by atoms with Crippen molar-refractivity contribution in [2.45, 2.75) is 25.8 Å². The van der Waals surface area contributed by atoms with Crippen molar-refractivity contribution in [2.75, 3.05) is 7.05 Å². The Labute approximate surface area is 98.4 Å². The van der Waals surface area contributed by atoms with Crippen LogP contribution in [0.5, 0.6) is 0 Å². The lowest BCUT2D eigenvalue weighted by Gasteiger charge is -2.21. The summed E-state index contributed by atoms with van der Waals surface area (Å²) in [6.45, 7) is 3.74. The van der Waals surface area contributed by atoms with E-state index in [2.05, 4.69) is 26.2 Å². The number of hydrogen-bond donors (Lipinski definition) is 1. The van der Waals surface area contributed by atoms with Crippen molar-refractivity contribution in [1.29, 1.82) is 0 Å². The Morgan fingerprint density at radius 2 is 2.20 bits per heavy atom. The molecule has 0 spiro atoms. The normalized spacial score (nSPS) is 11.5. The van der Waals surface area contributed by atoms with E-state index in [1.54, 1.807) is 13.2 Å². The van der Waals surface area contributed by atoms with Crippen molar-refractivity contribution in [3.63, 3.8) is 0 Å². The van der Waals surface area contributed by atoms with Crippen molar-refractivity contribution in [3.05, 3.63) is 28.5 Å². The van der Waals surface area contributed by atoms with E-state index in [4.69, 9.17) is 0 Å². The number of hydrogen-bond acceptors (Lipinski definition) is 3. The van der Waals surface area contributed by atoms with Crippen LogP contribution in [0.3, 0.4) is 0 Å². The number of Topliss-reactive ketones (excluding diaryl/α,β-unsaturated/α-hetero) is 1. The van der Waals surface area contributed by atoms with Gasteiger partial charge in [-0.15, -0.1) is 0 Å². The van der Waals surface area contributed by atoms with E-state index in [0.29, 0.717) is 6.42 Å². The Morgan fingerprint density at radius 3 is 2.67 bits per heavy atom. The average Bonchev–Trinajstić information content (AvgIpc) is 2.21. The molecule has 0 aliphatic rings. The van der Waals surface area contributed by atoms with Crippen LogP contribution < -0.4 is 5.32 Å². The molecule has 82 valence electrons. The Hall–Kier alpha value is -0.740. The van der Waals surface area contributed by atoms with Crippen molar-refractivity contribution >= 4 is 21.7 Å². The van der Waals surface area contributed by atoms with Gasteiger partial charge in [-0.3, -0.25) is 9.78 Å². The fourth-order valence-electron chi connectivity index (χ4n) is 1.04. The molecule has 0 aliphatic carbocycles. The van der Waals surface area contributed by atoms with Crippen LogP contribution in [0.15, 0.2) is 22.8 Å². The lowest BCUT2D eigenvalue weighted by atomic mass is 9.96. The van der Waals surface area contributed by atoms with Crippen LogP contribution in [0.25, 0.3) is 0 Å². The van der Waals surface area contributed by atoms with E-state index in [1.165, 1.54) is 0 Å². The van der Waals surface area contributed by atoms with Crippen LogP contribution in [0.4, 0.5) is 0 Å². The van der Waals surface area contributed by atoms with Crippen molar-refractivity contribution in [1.82, 2.24) is 10.3 Å². The molecule has 0 unspecified atom stereocenters. The van der Waals surface area contributed by atoms with Gasteiger partial charge in [0.2, 0.25) is 0 Å². The zero-order valence-corrected chi connectivity index (χ0v) is 10.8. The fourth-order valence-corrected chi connectivity index (χ4v) is 1.27. The minimum atomic E-state index is -0.491. The van der Waals surface area contributed by atoms with E-state index < -0.39 is 5.54 Å². The Kier molecular flexibility index (Phi) is 3.99. The first-order valence-corrected chi connectivity index (χ1v) is 5.57. The van der Waals surface area contributed by atoms with Gasteiger partial charge in [0.25, 0.3) is 0 Å². The zero-order valence-electron chi connectivity index (χ0n) is 9.17. The summed E-state index contributed by atoms with van der Waals surface area (Å²) in [4.78, 5) is 16.0. The molecule has 0 saturated carbocycles. The number of halogens is 1. The Bertz CT molecular complexity index is 346. The number of ketones is 1. The smallest absolute Gasteiger partial charge is 0.158 e. The maximum absolute atomic E-state index is 11.8. The summed E-state index contributed by atoms with van der Waals surface area (Å²) >= 11 is 3.31. The van der Waals surface area contributed by atoms with Crippen LogP contribution in [0.2, 0.25) is 0 Å². The van der Waals surface area contributed by atoms with Crippen LogP contribution in [0.1, 0.15) is 19.5 Å². The highest BCUT2D eigenvalue weighted by atomic mass is 79.9. The largest absolute Gasteiger partial charge is 0.308 e. The SMILES string of the molecule is CNC(C)(C)C(=O)Cc1ccc(Br)cn1. The maximum atomic E-state index is 11.8. The minimum Gasteiger partial charge on any atom is -0.308 e. The van der Waals surface area contributed by atoms with Crippen LogP contribution >= 0.6 is 15.9 Å². The lowest BCUT2D eigenvalue weighted by molar-refractivity contribution is -0.123. The third-order valence-corrected chi connectivity index (χ3v) is 2.92. The number of aromatic nitrogens is 1. The van der Waals surface area contributed by atoms with Gasteiger partial charge in [-0.1, -0.05) is 0 Å². The first kappa shape index (κ1) is 12.3. The highest BCUT2D eigenvalue weighted by Gasteiger charge is 2.25. The summed E-state index contributed by atoms with van der Waals surface area (Å²) in [6, 6.07) is 3.75. The number of nitrogens with one attached hydrogen (secondary N) is 1. The topological polar surface area (TPSA) is 42.0 Å². The molecule has 0 saturated heterocycles. The molecule has 0 amide bonds. The molecular weight excluding hydrogens is 256 g/mol. The van der Waals surface area contributed by atoms with E-state index >= 15 is 0 Å².